The fourth-order valence-electron chi connectivity index (χ4n) is 2.18. The molecule has 0 N–H and O–H groups in total. The standard InChI is InChI=1S/C20H29NO11/c1-11(2)10-28-17(25)12(3)29-18(26)13(30-19(27)31-20(4,5)6)9-16(24)32-21-14(22)7-8-15(21)23/h11-13H,7-10H2,1-6H3/t12-,13-/m0/s1. The minimum absolute atomic E-state index is 0.0517. The van der Waals surface area contributed by atoms with Crippen LogP contribution in [0.15, 0.2) is 0 Å². The summed E-state index contributed by atoms with van der Waals surface area (Å²) >= 11 is 0. The number of amides is 2. The number of hydrogen-bond donors (Lipinski definition) is 0. The van der Waals surface area contributed by atoms with E-state index in [0.29, 0.717) is 0 Å². The highest BCUT2D eigenvalue weighted by Crippen LogP contribution is 2.16. The Hall–Kier alpha value is -3.18. The molecule has 0 aromatic carbocycles. The molecule has 0 aromatic heterocycles. The van der Waals surface area contributed by atoms with Crippen LogP contribution in [-0.2, 0) is 47.8 Å². The first-order valence-corrected chi connectivity index (χ1v) is 10.0. The second kappa shape index (κ2) is 11.4. The van der Waals surface area contributed by atoms with Crippen molar-refractivity contribution in [2.24, 2.45) is 5.92 Å². The largest absolute Gasteiger partial charge is 0.509 e. The van der Waals surface area contributed by atoms with E-state index >= 15 is 0 Å². The van der Waals surface area contributed by atoms with E-state index in [1.165, 1.54) is 6.92 Å². The average Bonchev–Trinajstić information content (AvgIpc) is 2.95. The lowest BCUT2D eigenvalue weighted by Gasteiger charge is -2.23. The van der Waals surface area contributed by atoms with Gasteiger partial charge in [-0.2, -0.15) is 0 Å². The maximum Gasteiger partial charge on any atom is 0.509 e. The maximum absolute atomic E-state index is 12.5. The number of carbonyl (C=O) groups is 6. The fraction of sp³-hybridized carbons (Fsp3) is 0.700. The minimum atomic E-state index is -1.87. The van der Waals surface area contributed by atoms with Gasteiger partial charge < -0.3 is 23.8 Å². The maximum atomic E-state index is 12.5. The quantitative estimate of drug-likeness (QED) is 0.280. The molecule has 180 valence electrons. The molecule has 32 heavy (non-hydrogen) atoms. The summed E-state index contributed by atoms with van der Waals surface area (Å²) in [5.74, 6) is -4.70. The van der Waals surface area contributed by atoms with E-state index in [1.807, 2.05) is 13.8 Å². The number of esters is 2. The predicted octanol–water partition coefficient (Wildman–Crippen LogP) is 1.43. The molecule has 1 heterocycles. The molecule has 0 aliphatic carbocycles. The number of hydroxylamine groups is 2. The Morgan fingerprint density at radius 3 is 2.00 bits per heavy atom. The van der Waals surface area contributed by atoms with Crippen molar-refractivity contribution >= 4 is 35.9 Å². The minimum Gasteiger partial charge on any atom is -0.463 e. The molecular weight excluding hydrogens is 430 g/mol. The Balaban J connectivity index is 2.84. The molecule has 1 aliphatic heterocycles. The summed E-state index contributed by atoms with van der Waals surface area (Å²) < 4.78 is 19.7. The van der Waals surface area contributed by atoms with E-state index in [4.69, 9.17) is 18.9 Å². The molecule has 0 saturated carbocycles. The van der Waals surface area contributed by atoms with E-state index in [0.717, 1.165) is 0 Å². The molecule has 0 unspecified atom stereocenters. The Morgan fingerprint density at radius 1 is 0.938 bits per heavy atom. The topological polar surface area (TPSA) is 152 Å². The normalized spacial score (nSPS) is 15.8. The highest BCUT2D eigenvalue weighted by Gasteiger charge is 2.37. The first-order valence-electron chi connectivity index (χ1n) is 10.0. The molecule has 0 radical (unpaired) electrons. The lowest BCUT2D eigenvalue weighted by Crippen LogP contribution is -2.39. The van der Waals surface area contributed by atoms with Crippen LogP contribution in [0.2, 0.25) is 0 Å². The number of rotatable bonds is 9. The first kappa shape index (κ1) is 26.9. The van der Waals surface area contributed by atoms with Crippen LogP contribution in [0, 0.1) is 5.92 Å². The van der Waals surface area contributed by atoms with E-state index in [9.17, 15) is 28.8 Å². The second-order valence-electron chi connectivity index (χ2n) is 8.42. The molecule has 12 heteroatoms. The van der Waals surface area contributed by atoms with Gasteiger partial charge in [-0.25, -0.2) is 19.2 Å². The molecule has 2 atom stereocenters. The Morgan fingerprint density at radius 2 is 1.50 bits per heavy atom. The van der Waals surface area contributed by atoms with Crippen LogP contribution >= 0.6 is 0 Å². The van der Waals surface area contributed by atoms with Crippen molar-refractivity contribution in [1.29, 1.82) is 0 Å². The van der Waals surface area contributed by atoms with Gasteiger partial charge in [0.2, 0.25) is 6.10 Å². The SMILES string of the molecule is CC(C)COC(=O)[C@H](C)OC(=O)[C@H](CC(=O)ON1C(=O)CCC1=O)OC(=O)OC(C)(C)C. The molecular formula is C20H29NO11. The molecule has 1 aliphatic rings. The summed E-state index contributed by atoms with van der Waals surface area (Å²) in [6.07, 6.45) is -5.66. The number of hydrogen-bond acceptors (Lipinski definition) is 11. The van der Waals surface area contributed by atoms with Crippen LogP contribution in [0.3, 0.4) is 0 Å². The van der Waals surface area contributed by atoms with E-state index in [-0.39, 0.29) is 30.4 Å². The van der Waals surface area contributed by atoms with E-state index < -0.39 is 60.1 Å². The van der Waals surface area contributed by atoms with Crippen molar-refractivity contribution in [2.45, 2.75) is 78.6 Å². The third-order valence-corrected chi connectivity index (χ3v) is 3.63. The van der Waals surface area contributed by atoms with Gasteiger partial charge in [-0.15, -0.1) is 5.06 Å². The summed E-state index contributed by atoms with van der Waals surface area (Å²) in [6.45, 7) is 9.62. The van der Waals surface area contributed by atoms with Crippen molar-refractivity contribution in [2.75, 3.05) is 6.61 Å². The zero-order valence-electron chi connectivity index (χ0n) is 19.0. The van der Waals surface area contributed by atoms with Gasteiger partial charge in [0, 0.05) is 12.8 Å². The number of imide groups is 1. The lowest BCUT2D eigenvalue weighted by atomic mass is 10.2. The summed E-state index contributed by atoms with van der Waals surface area (Å²) in [6, 6.07) is 0. The van der Waals surface area contributed by atoms with Gasteiger partial charge in [-0.3, -0.25) is 9.59 Å². The third-order valence-electron chi connectivity index (χ3n) is 3.63. The van der Waals surface area contributed by atoms with Crippen molar-refractivity contribution in [3.63, 3.8) is 0 Å². The van der Waals surface area contributed by atoms with Gasteiger partial charge in [0.15, 0.2) is 6.10 Å². The van der Waals surface area contributed by atoms with E-state index in [1.54, 1.807) is 20.8 Å². The van der Waals surface area contributed by atoms with Gasteiger partial charge in [-0.05, 0) is 33.6 Å². The Kier molecular flexibility index (Phi) is 9.60. The molecule has 0 spiro atoms. The number of nitrogens with zero attached hydrogens (tertiary/aromatic N) is 1. The highest BCUT2D eigenvalue weighted by atomic mass is 16.8. The van der Waals surface area contributed by atoms with Crippen LogP contribution in [-0.4, -0.2) is 65.4 Å². The average molecular weight is 459 g/mol. The molecule has 12 nitrogen and oxygen atoms in total. The fourth-order valence-corrected chi connectivity index (χ4v) is 2.18. The summed E-state index contributed by atoms with van der Waals surface area (Å²) in [4.78, 5) is 76.4. The van der Waals surface area contributed by atoms with Gasteiger partial charge in [-0.1, -0.05) is 13.8 Å². The second-order valence-corrected chi connectivity index (χ2v) is 8.42. The predicted molar refractivity (Wildman–Crippen MR) is 104 cm³/mol. The van der Waals surface area contributed by atoms with Gasteiger partial charge in [0.05, 0.1) is 13.0 Å². The Bertz CT molecular complexity index is 737. The van der Waals surface area contributed by atoms with Crippen molar-refractivity contribution in [3.8, 4) is 0 Å². The molecule has 1 rings (SSSR count). The zero-order chi connectivity index (χ0) is 24.6. The van der Waals surface area contributed by atoms with Crippen LogP contribution in [0.1, 0.15) is 60.8 Å². The van der Waals surface area contributed by atoms with Crippen LogP contribution in [0.4, 0.5) is 4.79 Å². The van der Waals surface area contributed by atoms with Crippen LogP contribution in [0.25, 0.3) is 0 Å². The van der Waals surface area contributed by atoms with Gasteiger partial charge >= 0.3 is 24.1 Å². The molecule has 0 aromatic rings. The van der Waals surface area contributed by atoms with Gasteiger partial charge in [0.1, 0.15) is 5.60 Å². The number of carbonyl (C=O) groups excluding carboxylic acids is 6. The van der Waals surface area contributed by atoms with Crippen molar-refractivity contribution < 1.29 is 52.6 Å². The summed E-state index contributed by atoms with van der Waals surface area (Å²) in [5, 5.41) is 0.282. The summed E-state index contributed by atoms with van der Waals surface area (Å²) in [5.41, 5.74) is -0.964. The first-order chi connectivity index (χ1) is 14.7. The molecule has 1 fully saturated rings. The monoisotopic (exact) mass is 459 g/mol. The summed E-state index contributed by atoms with van der Waals surface area (Å²) in [7, 11) is 0. The van der Waals surface area contributed by atoms with E-state index in [2.05, 4.69) is 4.84 Å². The van der Waals surface area contributed by atoms with Crippen molar-refractivity contribution in [3.05, 3.63) is 0 Å². The molecule has 1 saturated heterocycles. The van der Waals surface area contributed by atoms with Crippen LogP contribution in [0.5, 0.6) is 0 Å². The number of ether oxygens (including phenoxy) is 4. The molecule has 2 amide bonds. The smallest absolute Gasteiger partial charge is 0.463 e. The van der Waals surface area contributed by atoms with Gasteiger partial charge in [0.25, 0.3) is 11.8 Å². The molecule has 0 bridgehead atoms. The van der Waals surface area contributed by atoms with Crippen LogP contribution < -0.4 is 0 Å². The highest BCUT2D eigenvalue weighted by molar-refractivity contribution is 6.01. The Labute approximate surface area is 185 Å². The van der Waals surface area contributed by atoms with Crippen molar-refractivity contribution in [1.82, 2.24) is 5.06 Å². The lowest BCUT2D eigenvalue weighted by molar-refractivity contribution is -0.200. The zero-order valence-corrected chi connectivity index (χ0v) is 19.0. The third kappa shape index (κ3) is 9.31.